The highest BCUT2D eigenvalue weighted by molar-refractivity contribution is 5.75. The number of carbonyl (C=O) groups excluding carboxylic acids is 1. The quantitative estimate of drug-likeness (QED) is 0.853. The van der Waals surface area contributed by atoms with Gasteiger partial charge in [0.2, 0.25) is 5.91 Å². The second-order valence-corrected chi connectivity index (χ2v) is 6.08. The minimum atomic E-state index is 0.108. The molecule has 0 bridgehead atoms. The number of aromatic nitrogens is 1. The number of carbonyl (C=O) groups is 1. The number of ether oxygens (including phenoxy) is 1. The molecule has 4 heteroatoms. The van der Waals surface area contributed by atoms with Crippen LogP contribution in [0.1, 0.15) is 30.9 Å². The normalized spacial score (nSPS) is 20.5. The van der Waals surface area contributed by atoms with E-state index < -0.39 is 0 Å². The van der Waals surface area contributed by atoms with Crippen molar-refractivity contribution in [2.24, 2.45) is 5.92 Å². The number of hydrogen-bond donors (Lipinski definition) is 1. The molecule has 1 fully saturated rings. The molecule has 0 unspecified atom stereocenters. The first-order valence-corrected chi connectivity index (χ1v) is 8.37. The summed E-state index contributed by atoms with van der Waals surface area (Å²) in [6, 6.07) is 14.3. The van der Waals surface area contributed by atoms with E-state index >= 15 is 0 Å². The van der Waals surface area contributed by atoms with Gasteiger partial charge in [0.05, 0.1) is 6.10 Å². The lowest BCUT2D eigenvalue weighted by molar-refractivity contribution is -0.121. The van der Waals surface area contributed by atoms with E-state index in [2.05, 4.69) is 22.0 Å². The summed E-state index contributed by atoms with van der Waals surface area (Å²) >= 11 is 0. The molecule has 122 valence electrons. The third-order valence-electron chi connectivity index (χ3n) is 4.39. The maximum atomic E-state index is 12.0. The van der Waals surface area contributed by atoms with Crippen molar-refractivity contribution in [1.82, 2.24) is 9.88 Å². The van der Waals surface area contributed by atoms with Gasteiger partial charge in [-0.15, -0.1) is 0 Å². The second-order valence-electron chi connectivity index (χ2n) is 6.08. The van der Waals surface area contributed by atoms with Crippen molar-refractivity contribution in [3.63, 3.8) is 0 Å². The summed E-state index contributed by atoms with van der Waals surface area (Å²) in [5.74, 6) is 0.502. The van der Waals surface area contributed by atoms with Crippen LogP contribution in [0.4, 0.5) is 0 Å². The molecule has 1 amide bonds. The van der Waals surface area contributed by atoms with Gasteiger partial charge in [-0.3, -0.25) is 4.79 Å². The maximum absolute atomic E-state index is 12.0. The summed E-state index contributed by atoms with van der Waals surface area (Å²) in [7, 11) is 0. The van der Waals surface area contributed by atoms with Crippen LogP contribution in [0.2, 0.25) is 0 Å². The third kappa shape index (κ3) is 4.45. The zero-order valence-electron chi connectivity index (χ0n) is 13.4. The van der Waals surface area contributed by atoms with Crippen LogP contribution >= 0.6 is 0 Å². The topological polar surface area (TPSA) is 43.3 Å². The van der Waals surface area contributed by atoms with Gasteiger partial charge >= 0.3 is 0 Å². The van der Waals surface area contributed by atoms with Gasteiger partial charge in [-0.1, -0.05) is 30.3 Å². The van der Waals surface area contributed by atoms with Crippen molar-refractivity contribution in [3.8, 4) is 0 Å². The Hall–Kier alpha value is -2.07. The van der Waals surface area contributed by atoms with Crippen LogP contribution < -0.4 is 5.32 Å². The highest BCUT2D eigenvalue weighted by Crippen LogP contribution is 2.33. The Balaban J connectivity index is 1.41. The Morgan fingerprint density at radius 2 is 1.96 bits per heavy atom. The highest BCUT2D eigenvalue weighted by atomic mass is 16.5. The van der Waals surface area contributed by atoms with Crippen LogP contribution in [0.15, 0.2) is 54.9 Å². The molecule has 0 radical (unpaired) electrons. The summed E-state index contributed by atoms with van der Waals surface area (Å²) in [6.45, 7) is 2.36. The fraction of sp³-hybridized carbons (Fsp3) is 0.421. The average molecular weight is 312 g/mol. The number of rotatable bonds is 7. The minimum absolute atomic E-state index is 0.108. The summed E-state index contributed by atoms with van der Waals surface area (Å²) < 4.78 is 7.96. The van der Waals surface area contributed by atoms with Gasteiger partial charge in [0, 0.05) is 44.4 Å². The van der Waals surface area contributed by atoms with E-state index in [-0.39, 0.29) is 12.0 Å². The monoisotopic (exact) mass is 312 g/mol. The zero-order chi connectivity index (χ0) is 15.9. The van der Waals surface area contributed by atoms with Gasteiger partial charge in [0.15, 0.2) is 0 Å². The van der Waals surface area contributed by atoms with E-state index in [0.717, 1.165) is 26.0 Å². The van der Waals surface area contributed by atoms with Crippen molar-refractivity contribution in [1.29, 1.82) is 0 Å². The van der Waals surface area contributed by atoms with E-state index in [1.54, 1.807) is 0 Å². The van der Waals surface area contributed by atoms with Gasteiger partial charge in [-0.2, -0.15) is 0 Å². The molecule has 1 saturated heterocycles. The summed E-state index contributed by atoms with van der Waals surface area (Å²) in [5.41, 5.74) is 1.21. The molecule has 1 aliphatic heterocycles. The molecule has 0 aliphatic carbocycles. The lowest BCUT2D eigenvalue weighted by Gasteiger charge is -2.19. The molecular formula is C19H24N2O2. The first-order chi connectivity index (χ1) is 11.3. The number of amides is 1. The van der Waals surface area contributed by atoms with Gasteiger partial charge in [0.25, 0.3) is 0 Å². The van der Waals surface area contributed by atoms with E-state index in [1.165, 1.54) is 5.56 Å². The Labute approximate surface area is 137 Å². The number of hydrogen-bond acceptors (Lipinski definition) is 2. The van der Waals surface area contributed by atoms with Crippen LogP contribution in [-0.2, 0) is 16.1 Å². The van der Waals surface area contributed by atoms with Gasteiger partial charge in [-0.05, 0) is 30.5 Å². The molecule has 2 heterocycles. The lowest BCUT2D eigenvalue weighted by Crippen LogP contribution is -2.30. The van der Waals surface area contributed by atoms with Gasteiger partial charge in [0.1, 0.15) is 0 Å². The number of aryl methyl sites for hydroxylation is 1. The van der Waals surface area contributed by atoms with Crippen molar-refractivity contribution >= 4 is 5.91 Å². The molecule has 4 nitrogen and oxygen atoms in total. The molecule has 23 heavy (non-hydrogen) atoms. The van der Waals surface area contributed by atoms with E-state index in [0.29, 0.717) is 18.9 Å². The predicted octanol–water partition coefficient (Wildman–Crippen LogP) is 3.16. The molecule has 1 aromatic heterocycles. The molecule has 1 aliphatic rings. The van der Waals surface area contributed by atoms with Crippen molar-refractivity contribution in [2.45, 2.75) is 31.9 Å². The molecule has 2 aromatic rings. The smallest absolute Gasteiger partial charge is 0.220 e. The van der Waals surface area contributed by atoms with Crippen molar-refractivity contribution in [2.75, 3.05) is 13.2 Å². The summed E-state index contributed by atoms with van der Waals surface area (Å²) in [5, 5.41) is 3.08. The SMILES string of the molecule is O=C(CCCn1cccc1)NC[C@@H]1CCO[C@H]1c1ccccc1. The van der Waals surface area contributed by atoms with E-state index in [9.17, 15) is 4.79 Å². The molecule has 0 saturated carbocycles. The fourth-order valence-electron chi connectivity index (χ4n) is 3.13. The Kier molecular flexibility index (Phi) is 5.48. The minimum Gasteiger partial charge on any atom is -0.373 e. The van der Waals surface area contributed by atoms with Crippen LogP contribution in [0.3, 0.4) is 0 Å². The standard InChI is InChI=1S/C19H24N2O2/c22-18(9-6-13-21-11-4-5-12-21)20-15-17-10-14-23-19(17)16-7-2-1-3-8-16/h1-5,7-8,11-12,17,19H,6,9-10,13-15H2,(H,20,22)/t17-,19-/m0/s1. The fourth-order valence-corrected chi connectivity index (χ4v) is 3.13. The van der Waals surface area contributed by atoms with Crippen LogP contribution in [0, 0.1) is 5.92 Å². The third-order valence-corrected chi connectivity index (χ3v) is 4.39. The second kappa shape index (κ2) is 7.97. The zero-order valence-corrected chi connectivity index (χ0v) is 13.4. The Bertz CT molecular complexity index is 595. The molecule has 0 spiro atoms. The molecule has 1 aromatic carbocycles. The number of nitrogens with one attached hydrogen (secondary N) is 1. The van der Waals surface area contributed by atoms with Gasteiger partial charge in [-0.25, -0.2) is 0 Å². The van der Waals surface area contributed by atoms with Crippen LogP contribution in [0.5, 0.6) is 0 Å². The van der Waals surface area contributed by atoms with E-state index in [1.807, 2.05) is 42.7 Å². The Morgan fingerprint density at radius 1 is 1.17 bits per heavy atom. The first kappa shape index (κ1) is 15.8. The van der Waals surface area contributed by atoms with Crippen molar-refractivity contribution in [3.05, 3.63) is 60.4 Å². The first-order valence-electron chi connectivity index (χ1n) is 8.37. The lowest BCUT2D eigenvalue weighted by atomic mass is 9.95. The summed E-state index contributed by atoms with van der Waals surface area (Å²) in [6.07, 6.45) is 6.60. The number of benzene rings is 1. The molecular weight excluding hydrogens is 288 g/mol. The number of nitrogens with zero attached hydrogens (tertiary/aromatic N) is 1. The highest BCUT2D eigenvalue weighted by Gasteiger charge is 2.29. The summed E-state index contributed by atoms with van der Waals surface area (Å²) in [4.78, 5) is 12.0. The molecule has 2 atom stereocenters. The largest absolute Gasteiger partial charge is 0.373 e. The van der Waals surface area contributed by atoms with Crippen LogP contribution in [-0.4, -0.2) is 23.6 Å². The molecule has 3 rings (SSSR count). The van der Waals surface area contributed by atoms with Crippen molar-refractivity contribution < 1.29 is 9.53 Å². The average Bonchev–Trinajstić information content (AvgIpc) is 3.25. The van der Waals surface area contributed by atoms with Gasteiger partial charge < -0.3 is 14.6 Å². The van der Waals surface area contributed by atoms with Crippen LogP contribution in [0.25, 0.3) is 0 Å². The predicted molar refractivity (Wildman–Crippen MR) is 89.9 cm³/mol. The maximum Gasteiger partial charge on any atom is 0.220 e. The Morgan fingerprint density at radius 3 is 2.74 bits per heavy atom. The van der Waals surface area contributed by atoms with E-state index in [4.69, 9.17) is 4.74 Å². The molecule has 1 N–H and O–H groups in total.